The molecule has 1 N–H and O–H groups in total. The van der Waals surface area contributed by atoms with E-state index in [1.165, 1.54) is 11.3 Å². The summed E-state index contributed by atoms with van der Waals surface area (Å²) < 4.78 is 11.2. The standard InChI is InChI=1S/C20H17ClN2O3S/c1-25-18-9-4-14(12-22-23-20(24)19-3-2-10-27-19)11-15(18)13-26-17-7-5-16(21)6-8-17/h2-12H,13H2,1H3,(H,23,24). The summed E-state index contributed by atoms with van der Waals surface area (Å²) in [5, 5.41) is 6.51. The van der Waals surface area contributed by atoms with Crippen molar-refractivity contribution in [2.45, 2.75) is 6.61 Å². The predicted octanol–water partition coefficient (Wildman–Crippen LogP) is 4.75. The van der Waals surface area contributed by atoms with Crippen molar-refractivity contribution in [3.05, 3.63) is 81.0 Å². The molecular formula is C20H17ClN2O3S. The molecule has 1 heterocycles. The molecular weight excluding hydrogens is 384 g/mol. The van der Waals surface area contributed by atoms with Crippen LogP contribution in [0.2, 0.25) is 5.02 Å². The van der Waals surface area contributed by atoms with Crippen molar-refractivity contribution in [1.29, 1.82) is 0 Å². The Labute approximate surface area is 166 Å². The molecule has 0 aliphatic rings. The first-order valence-electron chi connectivity index (χ1n) is 8.08. The fourth-order valence-electron chi connectivity index (χ4n) is 2.31. The lowest BCUT2D eigenvalue weighted by atomic mass is 10.1. The average Bonchev–Trinajstić information content (AvgIpc) is 3.22. The number of hydrogen-bond acceptors (Lipinski definition) is 5. The fourth-order valence-corrected chi connectivity index (χ4v) is 3.05. The number of carbonyl (C=O) groups is 1. The van der Waals surface area contributed by atoms with E-state index in [0.29, 0.717) is 28.0 Å². The molecule has 0 saturated carbocycles. The van der Waals surface area contributed by atoms with Crippen molar-refractivity contribution in [2.75, 3.05) is 7.11 Å². The van der Waals surface area contributed by atoms with Crippen molar-refractivity contribution in [3.63, 3.8) is 0 Å². The van der Waals surface area contributed by atoms with Gasteiger partial charge in [0.1, 0.15) is 18.1 Å². The second-order valence-electron chi connectivity index (χ2n) is 5.49. The van der Waals surface area contributed by atoms with Crippen molar-refractivity contribution in [3.8, 4) is 11.5 Å². The van der Waals surface area contributed by atoms with Crippen LogP contribution in [0, 0.1) is 0 Å². The highest BCUT2D eigenvalue weighted by Crippen LogP contribution is 2.22. The summed E-state index contributed by atoms with van der Waals surface area (Å²) in [6, 6.07) is 16.3. The summed E-state index contributed by atoms with van der Waals surface area (Å²) in [5.41, 5.74) is 4.19. The molecule has 0 aliphatic carbocycles. The Balaban J connectivity index is 1.66. The molecule has 0 aliphatic heterocycles. The van der Waals surface area contributed by atoms with Gasteiger partial charge in [-0.15, -0.1) is 11.3 Å². The van der Waals surface area contributed by atoms with Crippen molar-refractivity contribution in [1.82, 2.24) is 5.43 Å². The Kier molecular flexibility index (Phi) is 6.46. The first kappa shape index (κ1) is 18.9. The predicted molar refractivity (Wildman–Crippen MR) is 108 cm³/mol. The van der Waals surface area contributed by atoms with E-state index in [9.17, 15) is 4.79 Å². The number of nitrogens with one attached hydrogen (secondary N) is 1. The van der Waals surface area contributed by atoms with Crippen molar-refractivity contribution >= 4 is 35.1 Å². The first-order chi connectivity index (χ1) is 13.2. The molecule has 5 nitrogen and oxygen atoms in total. The number of benzene rings is 2. The SMILES string of the molecule is COc1ccc(C=NNC(=O)c2cccs2)cc1COc1ccc(Cl)cc1. The van der Waals surface area contributed by atoms with Crippen LogP contribution in [0.25, 0.3) is 0 Å². The van der Waals surface area contributed by atoms with Gasteiger partial charge < -0.3 is 9.47 Å². The van der Waals surface area contributed by atoms with E-state index in [2.05, 4.69) is 10.5 Å². The Bertz CT molecular complexity index is 925. The van der Waals surface area contributed by atoms with Gasteiger partial charge in [-0.2, -0.15) is 5.10 Å². The van der Waals surface area contributed by atoms with Gasteiger partial charge in [-0.1, -0.05) is 17.7 Å². The van der Waals surface area contributed by atoms with E-state index >= 15 is 0 Å². The van der Waals surface area contributed by atoms with E-state index in [4.69, 9.17) is 21.1 Å². The number of methoxy groups -OCH3 is 1. The van der Waals surface area contributed by atoms with E-state index in [0.717, 1.165) is 11.1 Å². The highest BCUT2D eigenvalue weighted by molar-refractivity contribution is 7.12. The first-order valence-corrected chi connectivity index (χ1v) is 9.33. The molecule has 0 fully saturated rings. The van der Waals surface area contributed by atoms with Crippen LogP contribution in [0.3, 0.4) is 0 Å². The van der Waals surface area contributed by atoms with Gasteiger partial charge in [0.25, 0.3) is 5.91 Å². The van der Waals surface area contributed by atoms with Crippen LogP contribution in [0.15, 0.2) is 65.1 Å². The zero-order valence-electron chi connectivity index (χ0n) is 14.5. The third-order valence-corrected chi connectivity index (χ3v) is 4.76. The highest BCUT2D eigenvalue weighted by atomic mass is 35.5. The highest BCUT2D eigenvalue weighted by Gasteiger charge is 2.06. The second kappa shape index (κ2) is 9.21. The Morgan fingerprint density at radius 3 is 2.74 bits per heavy atom. The Morgan fingerprint density at radius 1 is 1.22 bits per heavy atom. The topological polar surface area (TPSA) is 59.9 Å². The number of hydrazone groups is 1. The summed E-state index contributed by atoms with van der Waals surface area (Å²) in [5.74, 6) is 1.19. The van der Waals surface area contributed by atoms with Gasteiger partial charge in [0.2, 0.25) is 0 Å². The van der Waals surface area contributed by atoms with Crippen molar-refractivity contribution in [2.24, 2.45) is 5.10 Å². The minimum Gasteiger partial charge on any atom is -0.496 e. The minimum absolute atomic E-state index is 0.235. The lowest BCUT2D eigenvalue weighted by Gasteiger charge is -2.11. The maximum Gasteiger partial charge on any atom is 0.281 e. The van der Waals surface area contributed by atoms with E-state index in [-0.39, 0.29) is 5.91 Å². The smallest absolute Gasteiger partial charge is 0.281 e. The largest absolute Gasteiger partial charge is 0.496 e. The average molecular weight is 401 g/mol. The van der Waals surface area contributed by atoms with Crippen LogP contribution in [0.5, 0.6) is 11.5 Å². The molecule has 0 unspecified atom stereocenters. The van der Waals surface area contributed by atoms with Gasteiger partial charge in [-0.3, -0.25) is 4.79 Å². The van der Waals surface area contributed by atoms with Gasteiger partial charge in [0.15, 0.2) is 0 Å². The number of nitrogens with zero attached hydrogens (tertiary/aromatic N) is 1. The summed E-state index contributed by atoms with van der Waals surface area (Å²) in [6.07, 6.45) is 1.58. The molecule has 0 spiro atoms. The maximum absolute atomic E-state index is 11.9. The van der Waals surface area contributed by atoms with Crippen LogP contribution >= 0.6 is 22.9 Å². The summed E-state index contributed by atoms with van der Waals surface area (Å²) in [6.45, 7) is 0.327. The number of halogens is 1. The van der Waals surface area contributed by atoms with Gasteiger partial charge in [-0.05, 0) is 59.5 Å². The van der Waals surface area contributed by atoms with Crippen LogP contribution in [-0.4, -0.2) is 19.2 Å². The van der Waals surface area contributed by atoms with E-state index in [1.54, 1.807) is 43.7 Å². The molecule has 2 aromatic carbocycles. The molecule has 0 atom stereocenters. The lowest BCUT2D eigenvalue weighted by Crippen LogP contribution is -2.16. The molecule has 0 radical (unpaired) electrons. The number of amides is 1. The molecule has 0 saturated heterocycles. The van der Waals surface area contributed by atoms with Crippen molar-refractivity contribution < 1.29 is 14.3 Å². The minimum atomic E-state index is -0.235. The summed E-state index contributed by atoms with van der Waals surface area (Å²) in [7, 11) is 1.61. The lowest BCUT2D eigenvalue weighted by molar-refractivity contribution is 0.0959. The van der Waals surface area contributed by atoms with Crippen LogP contribution in [0.4, 0.5) is 0 Å². The number of thiophene rings is 1. The van der Waals surface area contributed by atoms with Gasteiger partial charge in [0, 0.05) is 10.6 Å². The van der Waals surface area contributed by atoms with E-state index < -0.39 is 0 Å². The van der Waals surface area contributed by atoms with Crippen LogP contribution in [-0.2, 0) is 6.61 Å². The normalized spacial score (nSPS) is 10.7. The second-order valence-corrected chi connectivity index (χ2v) is 6.87. The van der Waals surface area contributed by atoms with Crippen LogP contribution < -0.4 is 14.9 Å². The maximum atomic E-state index is 11.9. The molecule has 0 bridgehead atoms. The van der Waals surface area contributed by atoms with Crippen LogP contribution in [0.1, 0.15) is 20.8 Å². The summed E-state index contributed by atoms with van der Waals surface area (Å²) in [4.78, 5) is 12.5. The third-order valence-electron chi connectivity index (χ3n) is 3.64. The molecule has 7 heteroatoms. The third kappa shape index (κ3) is 5.32. The molecule has 1 amide bonds. The van der Waals surface area contributed by atoms with Gasteiger partial charge in [-0.25, -0.2) is 5.43 Å². The number of hydrogen-bond donors (Lipinski definition) is 1. The zero-order chi connectivity index (χ0) is 19.1. The monoisotopic (exact) mass is 400 g/mol. The Morgan fingerprint density at radius 2 is 2.04 bits per heavy atom. The van der Waals surface area contributed by atoms with E-state index in [1.807, 2.05) is 29.6 Å². The molecule has 3 aromatic rings. The summed E-state index contributed by atoms with van der Waals surface area (Å²) >= 11 is 7.24. The number of carbonyl (C=O) groups excluding carboxylic acids is 1. The quantitative estimate of drug-likeness (QED) is 0.459. The zero-order valence-corrected chi connectivity index (χ0v) is 16.1. The molecule has 138 valence electrons. The van der Waals surface area contributed by atoms with Gasteiger partial charge in [0.05, 0.1) is 18.2 Å². The van der Waals surface area contributed by atoms with Gasteiger partial charge >= 0.3 is 0 Å². The Hall–Kier alpha value is -2.83. The molecule has 27 heavy (non-hydrogen) atoms. The fraction of sp³-hybridized carbons (Fsp3) is 0.100. The molecule has 3 rings (SSSR count). The molecule has 1 aromatic heterocycles. The number of rotatable bonds is 7. The number of ether oxygens (including phenoxy) is 2.